The number of H-pyrrole nitrogens is 2. The summed E-state index contributed by atoms with van der Waals surface area (Å²) in [6, 6.07) is 2.94. The topological polar surface area (TPSA) is 78.6 Å². The summed E-state index contributed by atoms with van der Waals surface area (Å²) < 4.78 is 5.41. The van der Waals surface area contributed by atoms with E-state index in [0.29, 0.717) is 12.0 Å². The van der Waals surface area contributed by atoms with Crippen LogP contribution in [0.15, 0.2) is 30.9 Å². The number of fused-ring (bicyclic) bond motifs is 1. The second-order valence-corrected chi connectivity index (χ2v) is 7.05. The SMILES string of the molecule is CCOCCNC1CCC(c2cnc3[nH]cc(-c4cn[nH]c4)c3c2)CC1. The average molecular weight is 353 g/mol. The van der Waals surface area contributed by atoms with E-state index in [2.05, 4.69) is 31.5 Å². The van der Waals surface area contributed by atoms with Gasteiger partial charge in [0.05, 0.1) is 12.8 Å². The molecule has 0 saturated heterocycles. The third-order valence-corrected chi connectivity index (χ3v) is 5.44. The van der Waals surface area contributed by atoms with E-state index in [1.165, 1.54) is 36.6 Å². The highest BCUT2D eigenvalue weighted by molar-refractivity contribution is 5.93. The van der Waals surface area contributed by atoms with Crippen molar-refractivity contribution >= 4 is 11.0 Å². The minimum absolute atomic E-state index is 0.601. The highest BCUT2D eigenvalue weighted by Crippen LogP contribution is 2.35. The van der Waals surface area contributed by atoms with Crippen molar-refractivity contribution in [3.8, 4) is 11.1 Å². The molecule has 1 aliphatic rings. The van der Waals surface area contributed by atoms with Gasteiger partial charge in [-0.3, -0.25) is 5.10 Å². The molecule has 3 aromatic rings. The summed E-state index contributed by atoms with van der Waals surface area (Å²) in [4.78, 5) is 7.93. The lowest BCUT2D eigenvalue weighted by atomic mass is 9.82. The van der Waals surface area contributed by atoms with Crippen molar-refractivity contribution in [2.45, 2.75) is 44.6 Å². The first kappa shape index (κ1) is 17.2. The summed E-state index contributed by atoms with van der Waals surface area (Å²) in [5.41, 5.74) is 4.55. The van der Waals surface area contributed by atoms with E-state index in [0.717, 1.165) is 36.5 Å². The van der Waals surface area contributed by atoms with Gasteiger partial charge in [-0.25, -0.2) is 4.98 Å². The average Bonchev–Trinajstić information content (AvgIpc) is 3.34. The predicted octanol–water partition coefficient (Wildman–Crippen LogP) is 3.61. The Morgan fingerprint density at radius 1 is 1.19 bits per heavy atom. The lowest BCUT2D eigenvalue weighted by molar-refractivity contribution is 0.144. The molecule has 4 rings (SSSR count). The largest absolute Gasteiger partial charge is 0.380 e. The smallest absolute Gasteiger partial charge is 0.137 e. The van der Waals surface area contributed by atoms with Gasteiger partial charge in [-0.15, -0.1) is 0 Å². The maximum atomic E-state index is 5.41. The molecule has 3 heterocycles. The molecular weight excluding hydrogens is 326 g/mol. The van der Waals surface area contributed by atoms with Gasteiger partial charge in [0.25, 0.3) is 0 Å². The molecule has 138 valence electrons. The van der Waals surface area contributed by atoms with E-state index in [1.54, 1.807) is 0 Å². The predicted molar refractivity (Wildman–Crippen MR) is 103 cm³/mol. The molecule has 1 fully saturated rings. The molecule has 3 N–H and O–H groups in total. The second kappa shape index (κ2) is 8.01. The quantitative estimate of drug-likeness (QED) is 0.567. The fraction of sp³-hybridized carbons (Fsp3) is 0.500. The summed E-state index contributed by atoms with van der Waals surface area (Å²) in [6.07, 6.45) is 12.7. The molecule has 0 aromatic carbocycles. The van der Waals surface area contributed by atoms with Crippen molar-refractivity contribution in [2.24, 2.45) is 0 Å². The summed E-state index contributed by atoms with van der Waals surface area (Å²) in [5, 5.41) is 11.8. The van der Waals surface area contributed by atoms with Crippen LogP contribution in [0.2, 0.25) is 0 Å². The number of ether oxygens (including phenoxy) is 1. The first-order valence-corrected chi connectivity index (χ1v) is 9.62. The molecule has 0 atom stereocenters. The molecule has 1 saturated carbocycles. The van der Waals surface area contributed by atoms with E-state index in [9.17, 15) is 0 Å². The highest BCUT2D eigenvalue weighted by Gasteiger charge is 2.23. The summed E-state index contributed by atoms with van der Waals surface area (Å²) in [5.74, 6) is 0.601. The van der Waals surface area contributed by atoms with Crippen LogP contribution in [0.1, 0.15) is 44.1 Å². The van der Waals surface area contributed by atoms with Crippen LogP contribution in [0.25, 0.3) is 22.2 Å². The molecule has 0 unspecified atom stereocenters. The Kier molecular flexibility index (Phi) is 5.32. The van der Waals surface area contributed by atoms with Gasteiger partial charge in [0.1, 0.15) is 5.65 Å². The van der Waals surface area contributed by atoms with E-state index in [-0.39, 0.29) is 0 Å². The van der Waals surface area contributed by atoms with Crippen LogP contribution in [0, 0.1) is 0 Å². The van der Waals surface area contributed by atoms with E-state index >= 15 is 0 Å². The fourth-order valence-electron chi connectivity index (χ4n) is 3.99. The van der Waals surface area contributed by atoms with Gasteiger partial charge in [-0.1, -0.05) is 0 Å². The zero-order valence-electron chi connectivity index (χ0n) is 15.3. The van der Waals surface area contributed by atoms with Crippen LogP contribution < -0.4 is 5.32 Å². The summed E-state index contributed by atoms with van der Waals surface area (Å²) in [6.45, 7) is 4.60. The Hall–Kier alpha value is -2.18. The normalized spacial score (nSPS) is 20.7. The van der Waals surface area contributed by atoms with Crippen LogP contribution in [0.5, 0.6) is 0 Å². The number of pyridine rings is 1. The molecule has 26 heavy (non-hydrogen) atoms. The van der Waals surface area contributed by atoms with Crippen LogP contribution in [-0.2, 0) is 4.74 Å². The third kappa shape index (κ3) is 3.66. The molecular formula is C20H27N5O. The maximum Gasteiger partial charge on any atom is 0.137 e. The molecule has 3 aromatic heterocycles. The number of rotatable bonds is 7. The van der Waals surface area contributed by atoms with Crippen LogP contribution in [-0.4, -0.2) is 46.0 Å². The Morgan fingerprint density at radius 3 is 2.85 bits per heavy atom. The van der Waals surface area contributed by atoms with Crippen molar-refractivity contribution in [3.05, 3.63) is 36.4 Å². The Bertz CT molecular complexity index is 818. The first-order chi connectivity index (χ1) is 12.8. The lowest BCUT2D eigenvalue weighted by Gasteiger charge is -2.29. The summed E-state index contributed by atoms with van der Waals surface area (Å²) in [7, 11) is 0. The fourth-order valence-corrected chi connectivity index (χ4v) is 3.99. The van der Waals surface area contributed by atoms with Crippen molar-refractivity contribution in [3.63, 3.8) is 0 Å². The standard InChI is InChI=1S/C20H27N5O/c1-2-26-8-7-21-17-5-3-14(4-6-17)15-9-18-19(16-11-24-25-12-16)13-23-20(18)22-10-15/h9-14,17,21H,2-8H2,1H3,(H,22,23)(H,24,25). The molecule has 0 bridgehead atoms. The van der Waals surface area contributed by atoms with E-state index in [1.807, 2.05) is 31.7 Å². The Balaban J connectivity index is 1.42. The number of aromatic amines is 2. The van der Waals surface area contributed by atoms with Gasteiger partial charge >= 0.3 is 0 Å². The van der Waals surface area contributed by atoms with Crippen molar-refractivity contribution in [2.75, 3.05) is 19.8 Å². The van der Waals surface area contributed by atoms with Gasteiger partial charge in [-0.05, 0) is 50.2 Å². The Labute approximate surface area is 153 Å². The number of nitrogens with zero attached hydrogens (tertiary/aromatic N) is 2. The van der Waals surface area contributed by atoms with Crippen LogP contribution in [0.4, 0.5) is 0 Å². The van der Waals surface area contributed by atoms with Gasteiger partial charge in [-0.2, -0.15) is 5.10 Å². The van der Waals surface area contributed by atoms with Crippen LogP contribution in [0.3, 0.4) is 0 Å². The second-order valence-electron chi connectivity index (χ2n) is 7.05. The minimum atomic E-state index is 0.601. The maximum absolute atomic E-state index is 5.41. The molecule has 0 radical (unpaired) electrons. The van der Waals surface area contributed by atoms with E-state index < -0.39 is 0 Å². The lowest BCUT2D eigenvalue weighted by Crippen LogP contribution is -2.35. The van der Waals surface area contributed by atoms with Gasteiger partial charge in [0.2, 0.25) is 0 Å². The molecule has 1 aliphatic carbocycles. The number of aromatic nitrogens is 4. The van der Waals surface area contributed by atoms with E-state index in [4.69, 9.17) is 4.74 Å². The number of nitrogens with one attached hydrogen (secondary N) is 3. The minimum Gasteiger partial charge on any atom is -0.380 e. The molecule has 6 nitrogen and oxygen atoms in total. The van der Waals surface area contributed by atoms with Crippen molar-refractivity contribution in [1.82, 2.24) is 25.5 Å². The van der Waals surface area contributed by atoms with Gasteiger partial charge in [0, 0.05) is 54.3 Å². The zero-order chi connectivity index (χ0) is 17.8. The number of hydrogen-bond donors (Lipinski definition) is 3. The van der Waals surface area contributed by atoms with Crippen molar-refractivity contribution < 1.29 is 4.74 Å². The zero-order valence-corrected chi connectivity index (χ0v) is 15.3. The third-order valence-electron chi connectivity index (χ3n) is 5.44. The summed E-state index contributed by atoms with van der Waals surface area (Å²) >= 11 is 0. The Morgan fingerprint density at radius 2 is 2.08 bits per heavy atom. The van der Waals surface area contributed by atoms with Gasteiger partial charge in [0.15, 0.2) is 0 Å². The molecule has 0 spiro atoms. The van der Waals surface area contributed by atoms with Gasteiger partial charge < -0.3 is 15.0 Å². The monoisotopic (exact) mass is 353 g/mol. The molecule has 0 aliphatic heterocycles. The van der Waals surface area contributed by atoms with Crippen LogP contribution >= 0.6 is 0 Å². The molecule has 0 amide bonds. The highest BCUT2D eigenvalue weighted by atomic mass is 16.5. The molecule has 6 heteroatoms. The number of hydrogen-bond acceptors (Lipinski definition) is 4. The van der Waals surface area contributed by atoms with Crippen molar-refractivity contribution in [1.29, 1.82) is 0 Å². The first-order valence-electron chi connectivity index (χ1n) is 9.62.